The number of hydrogen-bond donors (Lipinski definition) is 1. The molecule has 0 aromatic heterocycles. The van der Waals surface area contributed by atoms with Crippen molar-refractivity contribution in [3.8, 4) is 0 Å². The molecule has 1 spiro atoms. The molecule has 3 rings (SSSR count). The molecule has 1 saturated carbocycles. The Morgan fingerprint density at radius 3 is 2.86 bits per heavy atom. The van der Waals surface area contributed by atoms with Gasteiger partial charge in [-0.05, 0) is 42.9 Å². The second kappa shape index (κ2) is 2.98. The molecule has 1 unspecified atom stereocenters. The predicted octanol–water partition coefficient (Wildman–Crippen LogP) is 2.95. The normalized spacial score (nSPS) is 28.2. The molecule has 1 saturated heterocycles. The summed E-state index contributed by atoms with van der Waals surface area (Å²) < 4.78 is 0. The van der Waals surface area contributed by atoms with Crippen LogP contribution in [0.25, 0.3) is 0 Å². The van der Waals surface area contributed by atoms with E-state index in [0.29, 0.717) is 11.5 Å². The van der Waals surface area contributed by atoms with Crippen molar-refractivity contribution in [1.29, 1.82) is 0 Å². The summed E-state index contributed by atoms with van der Waals surface area (Å²) in [6.07, 6.45) is 4.03. The third-order valence-corrected chi connectivity index (χ3v) is 3.77. The molecule has 2 aliphatic rings. The lowest BCUT2D eigenvalue weighted by atomic mass is 9.96. The topological polar surface area (TPSA) is 12.0 Å². The first-order valence-electron chi connectivity index (χ1n) is 5.28. The molecule has 0 bridgehead atoms. The van der Waals surface area contributed by atoms with E-state index in [1.165, 1.54) is 24.8 Å². The molecule has 1 heterocycles. The highest BCUT2D eigenvalue weighted by atomic mass is 35.5. The second-order valence-corrected chi connectivity index (χ2v) is 5.05. The van der Waals surface area contributed by atoms with E-state index in [4.69, 9.17) is 11.6 Å². The van der Waals surface area contributed by atoms with Crippen LogP contribution in [-0.4, -0.2) is 12.1 Å². The lowest BCUT2D eigenvalue weighted by Gasteiger charge is -2.09. The van der Waals surface area contributed by atoms with Crippen molar-refractivity contribution in [3.63, 3.8) is 0 Å². The third kappa shape index (κ3) is 1.45. The molecule has 1 aromatic carbocycles. The second-order valence-electron chi connectivity index (χ2n) is 4.62. The average molecular weight is 208 g/mol. The SMILES string of the molecule is Clc1cccc(C2CNC3(CC3)C2)c1. The van der Waals surface area contributed by atoms with Crippen LogP contribution >= 0.6 is 11.6 Å². The van der Waals surface area contributed by atoms with Gasteiger partial charge >= 0.3 is 0 Å². The molecule has 14 heavy (non-hydrogen) atoms. The number of rotatable bonds is 1. The van der Waals surface area contributed by atoms with Gasteiger partial charge in [-0.1, -0.05) is 23.7 Å². The fourth-order valence-corrected chi connectivity index (χ4v) is 2.68. The maximum Gasteiger partial charge on any atom is 0.0408 e. The van der Waals surface area contributed by atoms with Crippen LogP contribution < -0.4 is 5.32 Å². The highest BCUT2D eigenvalue weighted by molar-refractivity contribution is 6.30. The molecule has 1 nitrogen and oxygen atoms in total. The Hall–Kier alpha value is -0.530. The zero-order chi connectivity index (χ0) is 9.60. The monoisotopic (exact) mass is 207 g/mol. The van der Waals surface area contributed by atoms with Crippen LogP contribution in [0, 0.1) is 0 Å². The van der Waals surface area contributed by atoms with Crippen molar-refractivity contribution in [3.05, 3.63) is 34.9 Å². The van der Waals surface area contributed by atoms with Gasteiger partial charge < -0.3 is 5.32 Å². The van der Waals surface area contributed by atoms with Gasteiger partial charge in [0.2, 0.25) is 0 Å². The zero-order valence-electron chi connectivity index (χ0n) is 8.09. The molecule has 2 fully saturated rings. The molecule has 1 N–H and O–H groups in total. The molecule has 1 aromatic rings. The lowest BCUT2D eigenvalue weighted by molar-refractivity contribution is 0.595. The average Bonchev–Trinajstić information content (AvgIpc) is 2.76. The summed E-state index contributed by atoms with van der Waals surface area (Å²) in [7, 11) is 0. The highest BCUT2D eigenvalue weighted by Gasteiger charge is 2.48. The van der Waals surface area contributed by atoms with Crippen LogP contribution in [0.1, 0.15) is 30.7 Å². The minimum atomic E-state index is 0.521. The van der Waals surface area contributed by atoms with E-state index in [1.807, 2.05) is 6.07 Å². The Kier molecular flexibility index (Phi) is 1.86. The molecule has 1 atom stereocenters. The van der Waals surface area contributed by atoms with Gasteiger partial charge in [0.05, 0.1) is 0 Å². The molecule has 1 aliphatic heterocycles. The molecule has 74 valence electrons. The van der Waals surface area contributed by atoms with Gasteiger partial charge in [0.25, 0.3) is 0 Å². The van der Waals surface area contributed by atoms with Gasteiger partial charge in [-0.15, -0.1) is 0 Å². The summed E-state index contributed by atoms with van der Waals surface area (Å²) in [5.41, 5.74) is 1.92. The van der Waals surface area contributed by atoms with E-state index in [9.17, 15) is 0 Å². The summed E-state index contributed by atoms with van der Waals surface area (Å²) >= 11 is 5.99. The van der Waals surface area contributed by atoms with Crippen LogP contribution in [0.5, 0.6) is 0 Å². The Bertz CT molecular complexity index is 357. The first-order valence-corrected chi connectivity index (χ1v) is 5.66. The fourth-order valence-electron chi connectivity index (χ4n) is 2.48. The number of nitrogens with one attached hydrogen (secondary N) is 1. The first-order chi connectivity index (χ1) is 6.77. The van der Waals surface area contributed by atoms with Crippen molar-refractivity contribution in [2.75, 3.05) is 6.54 Å². The van der Waals surface area contributed by atoms with Gasteiger partial charge in [0.1, 0.15) is 0 Å². The maximum atomic E-state index is 5.99. The van der Waals surface area contributed by atoms with Crippen LogP contribution in [0.2, 0.25) is 5.02 Å². The van der Waals surface area contributed by atoms with E-state index in [1.54, 1.807) is 0 Å². The Morgan fingerprint density at radius 2 is 2.21 bits per heavy atom. The quantitative estimate of drug-likeness (QED) is 0.747. The van der Waals surface area contributed by atoms with E-state index in [2.05, 4.69) is 23.5 Å². The number of benzene rings is 1. The van der Waals surface area contributed by atoms with E-state index < -0.39 is 0 Å². The molecular weight excluding hydrogens is 194 g/mol. The molecule has 0 radical (unpaired) electrons. The van der Waals surface area contributed by atoms with Gasteiger partial charge in [-0.2, -0.15) is 0 Å². The molecular formula is C12H14ClN. The number of hydrogen-bond acceptors (Lipinski definition) is 1. The van der Waals surface area contributed by atoms with Crippen molar-refractivity contribution in [2.24, 2.45) is 0 Å². The van der Waals surface area contributed by atoms with Crippen LogP contribution in [0.4, 0.5) is 0 Å². The Labute approximate surface area is 89.5 Å². The largest absolute Gasteiger partial charge is 0.311 e. The minimum absolute atomic E-state index is 0.521. The lowest BCUT2D eigenvalue weighted by Crippen LogP contribution is -2.22. The fraction of sp³-hybridized carbons (Fsp3) is 0.500. The maximum absolute atomic E-state index is 5.99. The third-order valence-electron chi connectivity index (χ3n) is 3.53. The van der Waals surface area contributed by atoms with E-state index in [0.717, 1.165) is 11.6 Å². The summed E-state index contributed by atoms with van der Waals surface area (Å²) in [5, 5.41) is 4.49. The summed E-state index contributed by atoms with van der Waals surface area (Å²) in [6.45, 7) is 1.13. The first kappa shape index (κ1) is 8.75. The Morgan fingerprint density at radius 1 is 1.36 bits per heavy atom. The van der Waals surface area contributed by atoms with Gasteiger partial charge in [0.15, 0.2) is 0 Å². The summed E-state index contributed by atoms with van der Waals surface area (Å²) in [5.74, 6) is 0.677. The van der Waals surface area contributed by atoms with E-state index >= 15 is 0 Å². The number of halogens is 1. The highest BCUT2D eigenvalue weighted by Crippen LogP contribution is 2.47. The van der Waals surface area contributed by atoms with Crippen molar-refractivity contribution in [2.45, 2.75) is 30.7 Å². The smallest absolute Gasteiger partial charge is 0.0408 e. The summed E-state index contributed by atoms with van der Waals surface area (Å²) in [6, 6.07) is 8.30. The minimum Gasteiger partial charge on any atom is -0.311 e. The van der Waals surface area contributed by atoms with Crippen LogP contribution in [0.15, 0.2) is 24.3 Å². The molecule has 1 aliphatic carbocycles. The van der Waals surface area contributed by atoms with Gasteiger partial charge in [-0.25, -0.2) is 0 Å². The van der Waals surface area contributed by atoms with Crippen molar-refractivity contribution < 1.29 is 0 Å². The van der Waals surface area contributed by atoms with Crippen molar-refractivity contribution in [1.82, 2.24) is 5.32 Å². The van der Waals surface area contributed by atoms with Gasteiger partial charge in [-0.3, -0.25) is 0 Å². The standard InChI is InChI=1S/C12H14ClN/c13-11-3-1-2-9(6-11)10-7-12(4-5-12)14-8-10/h1-3,6,10,14H,4-5,7-8H2. The zero-order valence-corrected chi connectivity index (χ0v) is 8.85. The van der Waals surface area contributed by atoms with Crippen molar-refractivity contribution >= 4 is 11.6 Å². The van der Waals surface area contributed by atoms with Gasteiger partial charge in [0, 0.05) is 17.1 Å². The van der Waals surface area contributed by atoms with E-state index in [-0.39, 0.29) is 0 Å². The van der Waals surface area contributed by atoms with Crippen LogP contribution in [0.3, 0.4) is 0 Å². The predicted molar refractivity (Wildman–Crippen MR) is 58.8 cm³/mol. The van der Waals surface area contributed by atoms with Crippen LogP contribution in [-0.2, 0) is 0 Å². The molecule has 0 amide bonds. The summed E-state index contributed by atoms with van der Waals surface area (Å²) in [4.78, 5) is 0. The molecule has 2 heteroatoms. The Balaban J connectivity index is 1.82.